The molecule has 3 atom stereocenters. The lowest BCUT2D eigenvalue weighted by molar-refractivity contribution is -0.150. The van der Waals surface area contributed by atoms with Crippen LogP contribution in [0.4, 0.5) is 4.79 Å². The summed E-state index contributed by atoms with van der Waals surface area (Å²) in [7, 11) is 0. The van der Waals surface area contributed by atoms with Crippen LogP contribution in [0, 0.1) is 23.2 Å². The molecule has 0 aromatic heterocycles. The van der Waals surface area contributed by atoms with Crippen LogP contribution in [-0.2, 0) is 9.53 Å². The molecule has 0 bridgehead atoms. The second kappa shape index (κ2) is 12.1. The fourth-order valence-corrected chi connectivity index (χ4v) is 6.51. The third kappa shape index (κ3) is 5.68. The molecule has 3 aliphatic rings. The Bertz CT molecular complexity index is 921. The number of rotatable bonds is 7. The lowest BCUT2D eigenvalue weighted by atomic mass is 9.77. The van der Waals surface area contributed by atoms with Crippen LogP contribution in [0.3, 0.4) is 0 Å². The molecule has 1 aromatic carbocycles. The molecule has 0 radical (unpaired) electrons. The number of carbonyl (C=O) groups is 2. The lowest BCUT2D eigenvalue weighted by Gasteiger charge is -2.48. The minimum Gasteiger partial charge on any atom is -0.377 e. The molecule has 2 aliphatic heterocycles. The number of morpholine rings is 1. The van der Waals surface area contributed by atoms with Crippen LogP contribution in [0.15, 0.2) is 30.3 Å². The molecule has 3 amide bonds. The largest absolute Gasteiger partial charge is 0.377 e. The summed E-state index contributed by atoms with van der Waals surface area (Å²) in [6.45, 7) is 4.49. The number of nitrogens with two attached hydrogens (primary N) is 1. The van der Waals surface area contributed by atoms with Crippen LogP contribution < -0.4 is 11.1 Å². The van der Waals surface area contributed by atoms with Gasteiger partial charge in [0.15, 0.2) is 0 Å². The van der Waals surface area contributed by atoms with Gasteiger partial charge in [0.25, 0.3) is 0 Å². The minimum absolute atomic E-state index is 0.0536. The highest BCUT2D eigenvalue weighted by Gasteiger charge is 2.49. The minimum atomic E-state index is -0.907. The molecule has 8 heteroatoms. The van der Waals surface area contributed by atoms with Crippen molar-refractivity contribution in [3.05, 3.63) is 35.9 Å². The zero-order valence-corrected chi connectivity index (χ0v) is 21.5. The van der Waals surface area contributed by atoms with Gasteiger partial charge in [0, 0.05) is 6.54 Å². The van der Waals surface area contributed by atoms with E-state index < -0.39 is 23.5 Å². The van der Waals surface area contributed by atoms with Crippen LogP contribution in [0.25, 0.3) is 0 Å². The standard InChI is InChI=1S/C28H41N5O3/c1-21(23-10-6-3-7-11-23)33(28(20-29)12-14-31-15-13-28)26(34)24(18-22-8-4-2-5-9-22)25-19-36-17-16-32(25)27(30)35/h3,6-7,10-11,21-22,24-25,31H,2,4-5,8-9,12-19H2,1H3,(H2,30,35). The Hall–Kier alpha value is -2.63. The number of hydrogen-bond acceptors (Lipinski definition) is 5. The van der Waals surface area contributed by atoms with Gasteiger partial charge in [0.05, 0.1) is 37.3 Å². The van der Waals surface area contributed by atoms with Gasteiger partial charge in [-0.15, -0.1) is 0 Å². The Kier molecular flexibility index (Phi) is 8.86. The third-order valence-corrected chi connectivity index (χ3v) is 8.55. The lowest BCUT2D eigenvalue weighted by Crippen LogP contribution is -2.62. The van der Waals surface area contributed by atoms with E-state index in [2.05, 4.69) is 11.4 Å². The molecule has 1 aliphatic carbocycles. The average molecular weight is 496 g/mol. The highest BCUT2D eigenvalue weighted by molar-refractivity contribution is 5.83. The summed E-state index contributed by atoms with van der Waals surface area (Å²) in [5, 5.41) is 13.9. The smallest absolute Gasteiger partial charge is 0.315 e. The number of nitrogens with zero attached hydrogens (tertiary/aromatic N) is 3. The van der Waals surface area contributed by atoms with Crippen molar-refractivity contribution in [2.45, 2.75) is 75.9 Å². The number of ether oxygens (including phenoxy) is 1. The van der Waals surface area contributed by atoms with Gasteiger partial charge in [-0.25, -0.2) is 4.79 Å². The van der Waals surface area contributed by atoms with Crippen molar-refractivity contribution in [3.63, 3.8) is 0 Å². The van der Waals surface area contributed by atoms with E-state index >= 15 is 0 Å². The molecule has 36 heavy (non-hydrogen) atoms. The van der Waals surface area contributed by atoms with E-state index in [1.807, 2.05) is 42.2 Å². The number of hydrogen-bond donors (Lipinski definition) is 2. The fraction of sp³-hybridized carbons (Fsp3) is 0.679. The van der Waals surface area contributed by atoms with E-state index in [0.29, 0.717) is 58.0 Å². The topological polar surface area (TPSA) is 112 Å². The molecule has 2 saturated heterocycles. The molecule has 1 aromatic rings. The summed E-state index contributed by atoms with van der Waals surface area (Å²) in [5.74, 6) is -0.0985. The molecule has 2 heterocycles. The summed E-state index contributed by atoms with van der Waals surface area (Å²) < 4.78 is 5.81. The maximum atomic E-state index is 14.8. The van der Waals surface area contributed by atoms with Gasteiger partial charge in [0.1, 0.15) is 5.54 Å². The van der Waals surface area contributed by atoms with Gasteiger partial charge in [-0.3, -0.25) is 4.79 Å². The SMILES string of the molecule is CC(c1ccccc1)N(C(=O)C(CC1CCCCC1)C1COCCN1C(N)=O)C1(C#N)CCNCC1. The van der Waals surface area contributed by atoms with Gasteiger partial charge in [-0.2, -0.15) is 5.26 Å². The molecule has 3 unspecified atom stereocenters. The van der Waals surface area contributed by atoms with E-state index in [4.69, 9.17) is 10.5 Å². The molecular formula is C28H41N5O3. The highest BCUT2D eigenvalue weighted by Crippen LogP contribution is 2.39. The molecular weight excluding hydrogens is 454 g/mol. The van der Waals surface area contributed by atoms with Gasteiger partial charge < -0.3 is 25.6 Å². The summed E-state index contributed by atoms with van der Waals surface area (Å²) in [4.78, 5) is 30.7. The number of amides is 3. The van der Waals surface area contributed by atoms with Crippen LogP contribution in [0.5, 0.6) is 0 Å². The average Bonchev–Trinajstić information content (AvgIpc) is 2.93. The fourth-order valence-electron chi connectivity index (χ4n) is 6.51. The van der Waals surface area contributed by atoms with Gasteiger partial charge in [-0.1, -0.05) is 62.4 Å². The van der Waals surface area contributed by atoms with Crippen molar-refractivity contribution in [3.8, 4) is 6.07 Å². The summed E-state index contributed by atoms with van der Waals surface area (Å²) in [6.07, 6.45) is 7.59. The van der Waals surface area contributed by atoms with Crippen LogP contribution in [0.1, 0.15) is 69.9 Å². The molecule has 3 N–H and O–H groups in total. The normalized spacial score (nSPS) is 24.3. The molecule has 1 saturated carbocycles. The Morgan fingerprint density at radius 3 is 2.56 bits per heavy atom. The quantitative estimate of drug-likeness (QED) is 0.600. The van der Waals surface area contributed by atoms with E-state index in [0.717, 1.165) is 18.4 Å². The summed E-state index contributed by atoms with van der Waals surface area (Å²) in [6, 6.07) is 11.3. The monoisotopic (exact) mass is 495 g/mol. The number of piperidine rings is 1. The van der Waals surface area contributed by atoms with E-state index in [9.17, 15) is 14.9 Å². The van der Waals surface area contributed by atoms with Gasteiger partial charge in [0.2, 0.25) is 5.91 Å². The Labute approximate surface area is 215 Å². The van der Waals surface area contributed by atoms with Gasteiger partial charge >= 0.3 is 6.03 Å². The molecule has 0 spiro atoms. The highest BCUT2D eigenvalue weighted by atomic mass is 16.5. The first kappa shape index (κ1) is 26.4. The Morgan fingerprint density at radius 1 is 1.22 bits per heavy atom. The predicted molar refractivity (Wildman–Crippen MR) is 138 cm³/mol. The van der Waals surface area contributed by atoms with E-state index in [1.165, 1.54) is 19.3 Å². The Morgan fingerprint density at radius 2 is 1.92 bits per heavy atom. The van der Waals surface area contributed by atoms with Crippen LogP contribution in [0.2, 0.25) is 0 Å². The zero-order valence-electron chi connectivity index (χ0n) is 21.5. The number of benzene rings is 1. The molecule has 3 fully saturated rings. The van der Waals surface area contributed by atoms with Crippen LogP contribution in [-0.4, -0.2) is 66.2 Å². The van der Waals surface area contributed by atoms with Crippen LogP contribution >= 0.6 is 0 Å². The number of carbonyl (C=O) groups excluding carboxylic acids is 2. The number of nitrogens with one attached hydrogen (secondary N) is 1. The second-order valence-electron chi connectivity index (χ2n) is 10.7. The zero-order chi connectivity index (χ0) is 25.5. The molecule has 4 rings (SSSR count). The van der Waals surface area contributed by atoms with E-state index in [1.54, 1.807) is 4.90 Å². The summed E-state index contributed by atoms with van der Waals surface area (Å²) in [5.41, 5.74) is 5.89. The first-order valence-electron chi connectivity index (χ1n) is 13.6. The number of urea groups is 1. The number of nitriles is 1. The van der Waals surface area contributed by atoms with Crippen molar-refractivity contribution < 1.29 is 14.3 Å². The first-order chi connectivity index (χ1) is 17.5. The third-order valence-electron chi connectivity index (χ3n) is 8.55. The van der Waals surface area contributed by atoms with Crippen molar-refractivity contribution in [2.75, 3.05) is 32.8 Å². The second-order valence-corrected chi connectivity index (χ2v) is 10.7. The maximum Gasteiger partial charge on any atom is 0.315 e. The van der Waals surface area contributed by atoms with Crippen molar-refractivity contribution in [1.29, 1.82) is 5.26 Å². The van der Waals surface area contributed by atoms with Crippen molar-refractivity contribution in [1.82, 2.24) is 15.1 Å². The first-order valence-corrected chi connectivity index (χ1v) is 13.6. The number of primary amides is 1. The van der Waals surface area contributed by atoms with Gasteiger partial charge in [-0.05, 0) is 50.8 Å². The Balaban J connectivity index is 1.75. The molecule has 196 valence electrons. The van der Waals surface area contributed by atoms with E-state index in [-0.39, 0.29) is 11.9 Å². The van der Waals surface area contributed by atoms with Crippen molar-refractivity contribution in [2.24, 2.45) is 17.6 Å². The molecule has 8 nitrogen and oxygen atoms in total. The summed E-state index contributed by atoms with van der Waals surface area (Å²) >= 11 is 0. The van der Waals surface area contributed by atoms with Crippen molar-refractivity contribution >= 4 is 11.9 Å². The predicted octanol–water partition coefficient (Wildman–Crippen LogP) is 3.59. The maximum absolute atomic E-state index is 14.8.